The molecule has 1 fully saturated rings. The lowest BCUT2D eigenvalue weighted by atomic mass is 9.88. The Balaban J connectivity index is 1.28. The topological polar surface area (TPSA) is 57.7 Å². The molecule has 2 aliphatic heterocycles. The molecule has 5 nitrogen and oxygen atoms in total. The van der Waals surface area contributed by atoms with Crippen molar-refractivity contribution in [1.82, 2.24) is 10.9 Å². The van der Waals surface area contributed by atoms with Crippen molar-refractivity contribution in [3.05, 3.63) is 84.4 Å². The van der Waals surface area contributed by atoms with Crippen molar-refractivity contribution in [2.75, 3.05) is 16.8 Å². The van der Waals surface area contributed by atoms with Gasteiger partial charge >= 0.3 is 0 Å². The minimum absolute atomic E-state index is 0.134. The lowest BCUT2D eigenvalue weighted by Gasteiger charge is -2.42. The van der Waals surface area contributed by atoms with E-state index in [1.165, 1.54) is 0 Å². The summed E-state index contributed by atoms with van der Waals surface area (Å²) in [5, 5.41) is 3.78. The number of ether oxygens (including phenoxy) is 1. The molecular weight excluding hydrogens is 404 g/mol. The molecule has 0 radical (unpaired) electrons. The SMILES string of the molecule is c1ccc(Oc2cccc(CNNC3=Nc4ccccc4NC34CCSCC4)c2)cc1. The number of nitrogens with zero attached hydrogens (tertiary/aromatic N) is 1. The van der Waals surface area contributed by atoms with Crippen LogP contribution in [0.4, 0.5) is 11.4 Å². The van der Waals surface area contributed by atoms with E-state index in [2.05, 4.69) is 46.5 Å². The molecule has 0 aliphatic carbocycles. The van der Waals surface area contributed by atoms with Crippen LogP contribution in [0.15, 0.2) is 83.9 Å². The molecule has 158 valence electrons. The van der Waals surface area contributed by atoms with E-state index in [9.17, 15) is 0 Å². The zero-order valence-electron chi connectivity index (χ0n) is 17.3. The fourth-order valence-corrected chi connectivity index (χ4v) is 5.21. The highest BCUT2D eigenvalue weighted by Gasteiger charge is 2.40. The first-order valence-corrected chi connectivity index (χ1v) is 11.8. The molecule has 31 heavy (non-hydrogen) atoms. The number of nitrogens with one attached hydrogen (secondary N) is 3. The van der Waals surface area contributed by atoms with E-state index in [0.717, 1.165) is 58.6 Å². The van der Waals surface area contributed by atoms with Crippen LogP contribution in [0, 0.1) is 0 Å². The van der Waals surface area contributed by atoms with E-state index >= 15 is 0 Å². The Labute approximate surface area is 187 Å². The molecular formula is C25H26N4OS. The summed E-state index contributed by atoms with van der Waals surface area (Å²) in [4.78, 5) is 4.97. The third-order valence-electron chi connectivity index (χ3n) is 5.69. The number of hydrogen-bond donors (Lipinski definition) is 3. The van der Waals surface area contributed by atoms with Crippen LogP contribution in [0.25, 0.3) is 0 Å². The Bertz CT molecular complexity index is 1060. The van der Waals surface area contributed by atoms with Crippen LogP contribution >= 0.6 is 11.8 Å². The highest BCUT2D eigenvalue weighted by Crippen LogP contribution is 2.39. The van der Waals surface area contributed by atoms with Gasteiger partial charge in [0.15, 0.2) is 0 Å². The number of hydrogen-bond acceptors (Lipinski definition) is 6. The zero-order valence-corrected chi connectivity index (χ0v) is 18.1. The smallest absolute Gasteiger partial charge is 0.142 e. The molecule has 0 saturated carbocycles. The number of thioether (sulfide) groups is 1. The van der Waals surface area contributed by atoms with Gasteiger partial charge in [-0.25, -0.2) is 10.4 Å². The van der Waals surface area contributed by atoms with E-state index in [1.54, 1.807) is 0 Å². The Kier molecular flexibility index (Phi) is 5.82. The standard InChI is InChI=1S/C25H26N4OS/c1-2-8-20(9-3-1)30-21-10-6-7-19(17-21)18-26-29-24-25(13-15-31-16-14-25)28-23-12-5-4-11-22(23)27-24/h1-12,17,26,28H,13-16,18H2,(H,27,29). The van der Waals surface area contributed by atoms with Crippen molar-refractivity contribution in [1.29, 1.82) is 0 Å². The van der Waals surface area contributed by atoms with Crippen LogP contribution in [0.2, 0.25) is 0 Å². The average Bonchev–Trinajstić information content (AvgIpc) is 2.81. The zero-order chi connectivity index (χ0) is 20.9. The molecule has 2 aliphatic rings. The van der Waals surface area contributed by atoms with Gasteiger partial charge in [-0.3, -0.25) is 0 Å². The number of anilines is 1. The number of hydrazine groups is 1. The minimum Gasteiger partial charge on any atom is -0.457 e. The van der Waals surface area contributed by atoms with Crippen LogP contribution in [0.1, 0.15) is 18.4 Å². The van der Waals surface area contributed by atoms with Crippen LogP contribution in [0.3, 0.4) is 0 Å². The first-order valence-electron chi connectivity index (χ1n) is 10.7. The summed E-state index contributed by atoms with van der Waals surface area (Å²) in [5.41, 5.74) is 9.91. The van der Waals surface area contributed by atoms with Crippen LogP contribution < -0.4 is 20.9 Å². The highest BCUT2D eigenvalue weighted by molar-refractivity contribution is 7.99. The number of amidine groups is 1. The van der Waals surface area contributed by atoms with E-state index in [1.807, 2.05) is 60.3 Å². The monoisotopic (exact) mass is 430 g/mol. The molecule has 1 saturated heterocycles. The van der Waals surface area contributed by atoms with E-state index < -0.39 is 0 Å². The molecule has 2 heterocycles. The molecule has 3 aromatic rings. The maximum Gasteiger partial charge on any atom is 0.142 e. The fourth-order valence-electron chi connectivity index (χ4n) is 4.02. The van der Waals surface area contributed by atoms with Crippen molar-refractivity contribution < 1.29 is 4.74 Å². The molecule has 3 N–H and O–H groups in total. The van der Waals surface area contributed by atoms with Gasteiger partial charge in [0.25, 0.3) is 0 Å². The Morgan fingerprint density at radius 3 is 2.55 bits per heavy atom. The fraction of sp³-hybridized carbons (Fsp3) is 0.240. The first-order chi connectivity index (χ1) is 15.3. The minimum atomic E-state index is -0.134. The van der Waals surface area contributed by atoms with Crippen LogP contribution in [-0.2, 0) is 6.54 Å². The summed E-state index contributed by atoms with van der Waals surface area (Å²) in [7, 11) is 0. The molecule has 5 rings (SSSR count). The van der Waals surface area contributed by atoms with Gasteiger partial charge in [0, 0.05) is 6.54 Å². The summed E-state index contributed by atoms with van der Waals surface area (Å²) in [6.07, 6.45) is 2.11. The largest absolute Gasteiger partial charge is 0.457 e. The summed E-state index contributed by atoms with van der Waals surface area (Å²) in [5.74, 6) is 4.91. The molecule has 0 unspecified atom stereocenters. The van der Waals surface area contributed by atoms with Gasteiger partial charge in [-0.2, -0.15) is 11.8 Å². The van der Waals surface area contributed by atoms with Gasteiger partial charge < -0.3 is 15.5 Å². The van der Waals surface area contributed by atoms with Crippen molar-refractivity contribution in [2.45, 2.75) is 24.9 Å². The average molecular weight is 431 g/mol. The third kappa shape index (κ3) is 4.55. The van der Waals surface area contributed by atoms with Crippen LogP contribution in [0.5, 0.6) is 11.5 Å². The Hall–Kier alpha value is -2.96. The Morgan fingerprint density at radius 1 is 0.903 bits per heavy atom. The second kappa shape index (κ2) is 9.04. The lowest BCUT2D eigenvalue weighted by Crippen LogP contribution is -2.58. The maximum absolute atomic E-state index is 5.96. The lowest BCUT2D eigenvalue weighted by molar-refractivity contribution is 0.481. The molecule has 0 bridgehead atoms. The number of rotatable bonds is 5. The van der Waals surface area contributed by atoms with Crippen molar-refractivity contribution >= 4 is 29.0 Å². The Morgan fingerprint density at radius 2 is 1.68 bits per heavy atom. The van der Waals surface area contributed by atoms with E-state index in [4.69, 9.17) is 9.73 Å². The van der Waals surface area contributed by atoms with Gasteiger partial charge in [-0.1, -0.05) is 42.5 Å². The van der Waals surface area contributed by atoms with Crippen molar-refractivity contribution in [3.8, 4) is 11.5 Å². The molecule has 6 heteroatoms. The van der Waals surface area contributed by atoms with E-state index in [-0.39, 0.29) is 5.54 Å². The highest BCUT2D eigenvalue weighted by atomic mass is 32.2. The molecule has 3 aromatic carbocycles. The quantitative estimate of drug-likeness (QED) is 0.467. The maximum atomic E-state index is 5.96. The summed E-state index contributed by atoms with van der Waals surface area (Å²) >= 11 is 2.01. The summed E-state index contributed by atoms with van der Waals surface area (Å²) < 4.78 is 5.96. The number of benzene rings is 3. The number of para-hydroxylation sites is 3. The second-order valence-corrected chi connectivity index (χ2v) is 9.06. The van der Waals surface area contributed by atoms with E-state index in [0.29, 0.717) is 6.54 Å². The van der Waals surface area contributed by atoms with Crippen LogP contribution in [-0.4, -0.2) is 22.9 Å². The van der Waals surface area contributed by atoms with Crippen molar-refractivity contribution in [2.24, 2.45) is 4.99 Å². The summed E-state index contributed by atoms with van der Waals surface area (Å²) in [6.45, 7) is 0.664. The predicted octanol–water partition coefficient (Wildman–Crippen LogP) is 5.49. The predicted molar refractivity (Wildman–Crippen MR) is 129 cm³/mol. The van der Waals surface area contributed by atoms with Gasteiger partial charge in [0.05, 0.1) is 16.9 Å². The number of fused-ring (bicyclic) bond motifs is 1. The summed E-state index contributed by atoms with van der Waals surface area (Å²) in [6, 6.07) is 26.3. The van der Waals surface area contributed by atoms with Crippen molar-refractivity contribution in [3.63, 3.8) is 0 Å². The third-order valence-corrected chi connectivity index (χ3v) is 6.67. The molecule has 0 atom stereocenters. The molecule has 1 spiro atoms. The molecule has 0 aromatic heterocycles. The second-order valence-electron chi connectivity index (χ2n) is 7.84. The van der Waals surface area contributed by atoms with Gasteiger partial charge in [0.2, 0.25) is 0 Å². The van der Waals surface area contributed by atoms with Gasteiger partial charge in [0.1, 0.15) is 17.3 Å². The number of aliphatic imine (C=N–C) groups is 1. The van der Waals surface area contributed by atoms with Gasteiger partial charge in [-0.05, 0) is 66.3 Å². The normalized spacial score (nSPS) is 16.7. The first kappa shape index (κ1) is 20.0. The van der Waals surface area contributed by atoms with Gasteiger partial charge in [-0.15, -0.1) is 0 Å². The molecule has 0 amide bonds.